The quantitative estimate of drug-likeness (QED) is 0.676. The van der Waals surface area contributed by atoms with Crippen LogP contribution in [0, 0.1) is 0 Å². The fourth-order valence-electron chi connectivity index (χ4n) is 1.24. The molecular weight excluding hydrogens is 192 g/mol. The Balaban J connectivity index is 2.48. The molecule has 0 N–H and O–H groups in total. The summed E-state index contributed by atoms with van der Waals surface area (Å²) in [5.74, 6) is 1.65. The molecular formula is C12H18O3. The molecule has 1 atom stereocenters. The van der Waals surface area contributed by atoms with Gasteiger partial charge in [-0.15, -0.1) is 0 Å². The molecule has 0 radical (unpaired) electrons. The molecule has 0 aliphatic carbocycles. The molecule has 0 amide bonds. The molecule has 1 aromatic carbocycles. The summed E-state index contributed by atoms with van der Waals surface area (Å²) >= 11 is 0. The van der Waals surface area contributed by atoms with E-state index >= 15 is 0 Å². The average molecular weight is 210 g/mol. The molecule has 1 rings (SSSR count). The molecule has 1 unspecified atom stereocenters. The maximum Gasteiger partial charge on any atom is 0.196 e. The predicted octanol–water partition coefficient (Wildman–Crippen LogP) is 2.85. The van der Waals surface area contributed by atoms with Gasteiger partial charge in [0.15, 0.2) is 6.29 Å². The van der Waals surface area contributed by atoms with Crippen LogP contribution in [0.1, 0.15) is 20.8 Å². The molecule has 3 heteroatoms. The van der Waals surface area contributed by atoms with Gasteiger partial charge in [-0.3, -0.25) is 0 Å². The lowest BCUT2D eigenvalue weighted by molar-refractivity contribution is -0.0613. The highest BCUT2D eigenvalue weighted by Gasteiger charge is 2.02. The van der Waals surface area contributed by atoms with Crippen LogP contribution in [0.25, 0.3) is 0 Å². The smallest absolute Gasteiger partial charge is 0.196 e. The maximum absolute atomic E-state index is 5.51. The van der Waals surface area contributed by atoms with E-state index in [9.17, 15) is 0 Å². The summed E-state index contributed by atoms with van der Waals surface area (Å²) in [4.78, 5) is 0. The lowest BCUT2D eigenvalue weighted by Gasteiger charge is -2.14. The van der Waals surface area contributed by atoms with Crippen LogP contribution in [0.15, 0.2) is 24.3 Å². The van der Waals surface area contributed by atoms with E-state index in [-0.39, 0.29) is 6.29 Å². The first-order chi connectivity index (χ1) is 7.26. The lowest BCUT2D eigenvalue weighted by atomic mass is 10.3. The van der Waals surface area contributed by atoms with Gasteiger partial charge in [0, 0.05) is 6.61 Å². The maximum atomic E-state index is 5.51. The largest absolute Gasteiger partial charge is 0.494 e. The molecule has 1 aromatic rings. The minimum absolute atomic E-state index is 0.215. The van der Waals surface area contributed by atoms with Gasteiger partial charge in [0.05, 0.1) is 6.61 Å². The van der Waals surface area contributed by atoms with E-state index in [1.54, 1.807) is 0 Å². The van der Waals surface area contributed by atoms with Gasteiger partial charge >= 0.3 is 0 Å². The van der Waals surface area contributed by atoms with E-state index in [1.807, 2.05) is 45.0 Å². The SMILES string of the molecule is CCOc1ccc(OC(C)OCC)cc1. The summed E-state index contributed by atoms with van der Waals surface area (Å²) in [6, 6.07) is 7.52. The standard InChI is InChI=1S/C12H18O3/c1-4-13-10(3)15-12-8-6-11(7-9-12)14-5-2/h6-10H,4-5H2,1-3H3. The molecule has 0 aromatic heterocycles. The van der Waals surface area contributed by atoms with Crippen LogP contribution in [-0.4, -0.2) is 19.5 Å². The van der Waals surface area contributed by atoms with E-state index in [2.05, 4.69) is 0 Å². The second-order valence-electron chi connectivity index (χ2n) is 3.05. The van der Waals surface area contributed by atoms with Crippen molar-refractivity contribution in [2.75, 3.05) is 13.2 Å². The Bertz CT molecular complexity index is 269. The highest BCUT2D eigenvalue weighted by Crippen LogP contribution is 2.18. The molecule has 0 saturated heterocycles. The van der Waals surface area contributed by atoms with Crippen molar-refractivity contribution >= 4 is 0 Å². The van der Waals surface area contributed by atoms with Crippen LogP contribution in [0.3, 0.4) is 0 Å². The topological polar surface area (TPSA) is 27.7 Å². The van der Waals surface area contributed by atoms with Gasteiger partial charge in [-0.2, -0.15) is 0 Å². The van der Waals surface area contributed by atoms with Crippen molar-refractivity contribution in [1.29, 1.82) is 0 Å². The summed E-state index contributed by atoms with van der Waals surface area (Å²) in [5, 5.41) is 0. The van der Waals surface area contributed by atoms with E-state index < -0.39 is 0 Å². The zero-order valence-electron chi connectivity index (χ0n) is 9.53. The lowest BCUT2D eigenvalue weighted by Crippen LogP contribution is -2.15. The number of benzene rings is 1. The van der Waals surface area contributed by atoms with Crippen LogP contribution < -0.4 is 9.47 Å². The van der Waals surface area contributed by atoms with Crippen molar-refractivity contribution in [3.8, 4) is 11.5 Å². The third kappa shape index (κ3) is 4.21. The summed E-state index contributed by atoms with van der Waals surface area (Å²) in [7, 11) is 0. The second-order valence-corrected chi connectivity index (χ2v) is 3.05. The zero-order chi connectivity index (χ0) is 11.1. The molecule has 0 bridgehead atoms. The Labute approximate surface area is 91.0 Å². The molecule has 15 heavy (non-hydrogen) atoms. The first-order valence-electron chi connectivity index (χ1n) is 5.27. The van der Waals surface area contributed by atoms with Crippen molar-refractivity contribution in [1.82, 2.24) is 0 Å². The van der Waals surface area contributed by atoms with E-state index in [0.29, 0.717) is 13.2 Å². The Morgan fingerprint density at radius 3 is 2.13 bits per heavy atom. The van der Waals surface area contributed by atoms with Crippen LogP contribution in [0.5, 0.6) is 11.5 Å². The Morgan fingerprint density at radius 2 is 1.60 bits per heavy atom. The Hall–Kier alpha value is -1.22. The van der Waals surface area contributed by atoms with Gasteiger partial charge in [-0.1, -0.05) is 0 Å². The fourth-order valence-corrected chi connectivity index (χ4v) is 1.24. The molecule has 0 fully saturated rings. The minimum Gasteiger partial charge on any atom is -0.494 e. The monoisotopic (exact) mass is 210 g/mol. The average Bonchev–Trinajstić information content (AvgIpc) is 2.22. The second kappa shape index (κ2) is 6.30. The van der Waals surface area contributed by atoms with Gasteiger partial charge in [0.25, 0.3) is 0 Å². The van der Waals surface area contributed by atoms with E-state index in [1.165, 1.54) is 0 Å². The van der Waals surface area contributed by atoms with Gasteiger partial charge in [0.1, 0.15) is 11.5 Å². The first kappa shape index (κ1) is 11.9. The van der Waals surface area contributed by atoms with Crippen molar-refractivity contribution in [3.05, 3.63) is 24.3 Å². The van der Waals surface area contributed by atoms with Crippen LogP contribution in [0.4, 0.5) is 0 Å². The highest BCUT2D eigenvalue weighted by atomic mass is 16.7. The van der Waals surface area contributed by atoms with Gasteiger partial charge in [-0.05, 0) is 45.0 Å². The Kier molecular flexibility index (Phi) is 4.98. The van der Waals surface area contributed by atoms with Crippen LogP contribution >= 0.6 is 0 Å². The molecule has 0 heterocycles. The van der Waals surface area contributed by atoms with Crippen molar-refractivity contribution in [2.45, 2.75) is 27.1 Å². The van der Waals surface area contributed by atoms with Crippen LogP contribution in [-0.2, 0) is 4.74 Å². The third-order valence-corrected chi connectivity index (χ3v) is 1.84. The first-order valence-corrected chi connectivity index (χ1v) is 5.27. The fraction of sp³-hybridized carbons (Fsp3) is 0.500. The molecule has 0 saturated carbocycles. The van der Waals surface area contributed by atoms with Crippen molar-refractivity contribution < 1.29 is 14.2 Å². The minimum atomic E-state index is -0.215. The molecule has 0 spiro atoms. The van der Waals surface area contributed by atoms with Crippen LogP contribution in [0.2, 0.25) is 0 Å². The molecule has 0 aliphatic rings. The Morgan fingerprint density at radius 1 is 1.00 bits per heavy atom. The van der Waals surface area contributed by atoms with Gasteiger partial charge in [0.2, 0.25) is 0 Å². The highest BCUT2D eigenvalue weighted by molar-refractivity contribution is 5.31. The summed E-state index contributed by atoms with van der Waals surface area (Å²) in [6.07, 6.45) is -0.215. The summed E-state index contributed by atoms with van der Waals surface area (Å²) < 4.78 is 16.1. The van der Waals surface area contributed by atoms with Gasteiger partial charge in [-0.25, -0.2) is 0 Å². The molecule has 0 aliphatic heterocycles. The predicted molar refractivity (Wildman–Crippen MR) is 59.3 cm³/mol. The number of ether oxygens (including phenoxy) is 3. The van der Waals surface area contributed by atoms with E-state index in [0.717, 1.165) is 11.5 Å². The third-order valence-electron chi connectivity index (χ3n) is 1.84. The normalized spacial score (nSPS) is 12.2. The zero-order valence-corrected chi connectivity index (χ0v) is 9.53. The number of rotatable bonds is 6. The number of hydrogen-bond donors (Lipinski definition) is 0. The number of hydrogen-bond acceptors (Lipinski definition) is 3. The van der Waals surface area contributed by atoms with Crippen molar-refractivity contribution in [3.63, 3.8) is 0 Å². The van der Waals surface area contributed by atoms with E-state index in [4.69, 9.17) is 14.2 Å². The van der Waals surface area contributed by atoms with Crippen molar-refractivity contribution in [2.24, 2.45) is 0 Å². The van der Waals surface area contributed by atoms with Gasteiger partial charge < -0.3 is 14.2 Å². The molecule has 84 valence electrons. The molecule has 3 nitrogen and oxygen atoms in total. The summed E-state index contributed by atoms with van der Waals surface area (Å²) in [6.45, 7) is 7.10. The summed E-state index contributed by atoms with van der Waals surface area (Å²) in [5.41, 5.74) is 0.